The van der Waals surface area contributed by atoms with Crippen LogP contribution in [0.3, 0.4) is 0 Å². The van der Waals surface area contributed by atoms with E-state index in [0.29, 0.717) is 17.9 Å². The molecule has 1 unspecified atom stereocenters. The number of rotatable bonds is 7. The molecule has 1 fully saturated rings. The Morgan fingerprint density at radius 2 is 1.84 bits per heavy atom. The highest BCUT2D eigenvalue weighted by molar-refractivity contribution is 7.90. The number of carbonyl (C=O) groups is 1. The molecule has 0 saturated carbocycles. The maximum atomic E-state index is 14.8. The van der Waals surface area contributed by atoms with E-state index in [1.807, 2.05) is 0 Å². The maximum absolute atomic E-state index is 14.8. The molecule has 3 aromatic rings. The second kappa shape index (κ2) is 11.2. The minimum absolute atomic E-state index is 0.00893. The lowest BCUT2D eigenvalue weighted by Gasteiger charge is -2.24. The van der Waals surface area contributed by atoms with Gasteiger partial charge in [-0.05, 0) is 81.6 Å². The smallest absolute Gasteiger partial charge is 0.410 e. The summed E-state index contributed by atoms with van der Waals surface area (Å²) in [5, 5.41) is 0. The predicted molar refractivity (Wildman–Crippen MR) is 141 cm³/mol. The van der Waals surface area contributed by atoms with Crippen LogP contribution in [-0.2, 0) is 26.0 Å². The maximum Gasteiger partial charge on any atom is 0.410 e. The van der Waals surface area contributed by atoms with Crippen molar-refractivity contribution in [1.29, 1.82) is 0 Å². The third-order valence-electron chi connectivity index (χ3n) is 5.90. The van der Waals surface area contributed by atoms with Crippen molar-refractivity contribution >= 4 is 16.1 Å². The summed E-state index contributed by atoms with van der Waals surface area (Å²) in [5.41, 5.74) is 0.0793. The summed E-state index contributed by atoms with van der Waals surface area (Å²) in [4.78, 5) is 13.8. The van der Waals surface area contributed by atoms with Crippen molar-refractivity contribution in [3.63, 3.8) is 0 Å². The molecule has 8 nitrogen and oxygen atoms in total. The number of carbonyl (C=O) groups excluding carboxylic acids is 1. The summed E-state index contributed by atoms with van der Waals surface area (Å²) in [6, 6.07) is 13.6. The number of hydrogen-bond donors (Lipinski definition) is 0. The van der Waals surface area contributed by atoms with Crippen LogP contribution in [0.4, 0.5) is 9.18 Å². The van der Waals surface area contributed by atoms with Crippen molar-refractivity contribution in [1.82, 2.24) is 8.87 Å². The summed E-state index contributed by atoms with van der Waals surface area (Å²) < 4.78 is 60.1. The molecule has 0 radical (unpaired) electrons. The van der Waals surface area contributed by atoms with Crippen LogP contribution in [0.1, 0.15) is 45.6 Å². The van der Waals surface area contributed by atoms with Crippen LogP contribution in [0, 0.1) is 5.82 Å². The normalized spacial score (nSPS) is 16.2. The number of hydrogen-bond acceptors (Lipinski definition) is 6. The van der Waals surface area contributed by atoms with Gasteiger partial charge in [-0.3, -0.25) is 0 Å². The molecule has 2 heterocycles. The number of amides is 1. The highest BCUT2D eigenvalue weighted by Crippen LogP contribution is 2.30. The van der Waals surface area contributed by atoms with Crippen LogP contribution in [0.25, 0.3) is 11.3 Å². The molecule has 0 aliphatic carbocycles. The number of nitrogens with zero attached hydrogens (tertiary/aromatic N) is 2. The van der Waals surface area contributed by atoms with E-state index >= 15 is 0 Å². The zero-order valence-corrected chi connectivity index (χ0v) is 22.8. The van der Waals surface area contributed by atoms with E-state index in [9.17, 15) is 17.6 Å². The Morgan fingerprint density at radius 1 is 1.13 bits per heavy atom. The fourth-order valence-electron chi connectivity index (χ4n) is 4.09. The number of ether oxygens (including phenoxy) is 3. The molecule has 4 rings (SSSR count). The molecule has 1 atom stereocenters. The van der Waals surface area contributed by atoms with Gasteiger partial charge in [0, 0.05) is 25.2 Å². The standard InChI is InChI=1S/C28H33FN2O6S/c1-28(2,3)37-27(32)30(4)18-20-17-25(23-9-5-6-10-24(23)29)31(19-20)38(33,34)22-14-12-21(13-15-22)36-26-11-7-8-16-35-26/h5-6,9-10,12-15,17,19,26H,7-8,11,16,18H2,1-4H3. The van der Waals surface area contributed by atoms with Crippen molar-refractivity contribution < 1.29 is 31.8 Å². The van der Waals surface area contributed by atoms with Crippen LogP contribution in [0.2, 0.25) is 0 Å². The molecule has 10 heteroatoms. The summed E-state index contributed by atoms with van der Waals surface area (Å²) in [5.74, 6) is -0.0670. The SMILES string of the molecule is CN(Cc1cc(-c2ccccc2F)n(S(=O)(=O)c2ccc(OC3CCCCO3)cc2)c1)C(=O)OC(C)(C)C. The average Bonchev–Trinajstić information content (AvgIpc) is 3.28. The Hall–Kier alpha value is -3.37. The van der Waals surface area contributed by atoms with Crippen LogP contribution in [0.5, 0.6) is 5.75 Å². The molecule has 1 amide bonds. The lowest BCUT2D eigenvalue weighted by atomic mass is 10.1. The third kappa shape index (κ3) is 6.54. The molecule has 1 aliphatic heterocycles. The van der Waals surface area contributed by atoms with E-state index in [1.54, 1.807) is 52.1 Å². The molecule has 1 aliphatic rings. The monoisotopic (exact) mass is 544 g/mol. The number of benzene rings is 2. The Balaban J connectivity index is 1.65. The van der Waals surface area contributed by atoms with E-state index in [0.717, 1.165) is 23.2 Å². The largest absolute Gasteiger partial charge is 0.465 e. The predicted octanol–water partition coefficient (Wildman–Crippen LogP) is 5.80. The summed E-state index contributed by atoms with van der Waals surface area (Å²) in [6.07, 6.45) is 3.27. The van der Waals surface area contributed by atoms with Gasteiger partial charge in [0.15, 0.2) is 6.29 Å². The van der Waals surface area contributed by atoms with Crippen molar-refractivity contribution in [2.24, 2.45) is 0 Å². The van der Waals surface area contributed by atoms with E-state index in [2.05, 4.69) is 0 Å². The van der Waals surface area contributed by atoms with Gasteiger partial charge in [-0.1, -0.05) is 12.1 Å². The summed E-state index contributed by atoms with van der Waals surface area (Å²) in [7, 11) is -2.57. The molecule has 204 valence electrons. The van der Waals surface area contributed by atoms with Gasteiger partial charge in [-0.25, -0.2) is 21.6 Å². The Bertz CT molecular complexity index is 1370. The minimum Gasteiger partial charge on any atom is -0.465 e. The Labute approximate surface area is 223 Å². The van der Waals surface area contributed by atoms with Crippen LogP contribution < -0.4 is 4.74 Å². The highest BCUT2D eigenvalue weighted by Gasteiger charge is 2.26. The quantitative estimate of drug-likeness (QED) is 0.374. The van der Waals surface area contributed by atoms with Crippen molar-refractivity contribution in [3.05, 3.63) is 72.2 Å². The minimum atomic E-state index is -4.12. The zero-order valence-electron chi connectivity index (χ0n) is 22.0. The van der Waals surface area contributed by atoms with E-state index in [1.165, 1.54) is 41.4 Å². The van der Waals surface area contributed by atoms with E-state index in [4.69, 9.17) is 14.2 Å². The topological polar surface area (TPSA) is 87.1 Å². The average molecular weight is 545 g/mol. The molecule has 0 bridgehead atoms. The van der Waals surface area contributed by atoms with Crippen LogP contribution in [0.15, 0.2) is 65.7 Å². The van der Waals surface area contributed by atoms with Crippen molar-refractivity contribution in [2.75, 3.05) is 13.7 Å². The molecule has 0 spiro atoms. The van der Waals surface area contributed by atoms with E-state index < -0.39 is 27.5 Å². The van der Waals surface area contributed by atoms with Gasteiger partial charge >= 0.3 is 6.09 Å². The summed E-state index contributed by atoms with van der Waals surface area (Å²) in [6.45, 7) is 5.98. The van der Waals surface area contributed by atoms with Gasteiger partial charge in [-0.15, -0.1) is 0 Å². The lowest BCUT2D eigenvalue weighted by molar-refractivity contribution is -0.105. The van der Waals surface area contributed by atoms with Gasteiger partial charge in [0.1, 0.15) is 17.2 Å². The molecule has 2 aromatic carbocycles. The van der Waals surface area contributed by atoms with Crippen LogP contribution >= 0.6 is 0 Å². The van der Waals surface area contributed by atoms with Crippen molar-refractivity contribution in [3.8, 4) is 17.0 Å². The van der Waals surface area contributed by atoms with Gasteiger partial charge in [0.25, 0.3) is 10.0 Å². The van der Waals surface area contributed by atoms with Crippen LogP contribution in [-0.4, -0.2) is 48.9 Å². The first-order valence-corrected chi connectivity index (χ1v) is 13.9. The molecule has 1 saturated heterocycles. The van der Waals surface area contributed by atoms with E-state index in [-0.39, 0.29) is 29.0 Å². The number of aromatic nitrogens is 1. The van der Waals surface area contributed by atoms with Gasteiger partial charge in [0.2, 0.25) is 0 Å². The molecular formula is C28H33FN2O6S. The lowest BCUT2D eigenvalue weighted by Crippen LogP contribution is -2.33. The molecular weight excluding hydrogens is 511 g/mol. The Kier molecular flexibility index (Phi) is 8.13. The highest BCUT2D eigenvalue weighted by atomic mass is 32.2. The first-order valence-electron chi connectivity index (χ1n) is 12.5. The number of halogens is 1. The van der Waals surface area contributed by atoms with Gasteiger partial charge < -0.3 is 19.1 Å². The van der Waals surface area contributed by atoms with Gasteiger partial charge in [-0.2, -0.15) is 0 Å². The second-order valence-corrected chi connectivity index (χ2v) is 12.1. The summed E-state index contributed by atoms with van der Waals surface area (Å²) >= 11 is 0. The van der Waals surface area contributed by atoms with Crippen molar-refractivity contribution in [2.45, 2.75) is 63.4 Å². The zero-order chi connectivity index (χ0) is 27.5. The molecule has 0 N–H and O–H groups in total. The fraction of sp³-hybridized carbons (Fsp3) is 0.393. The Morgan fingerprint density at radius 3 is 2.47 bits per heavy atom. The first-order chi connectivity index (χ1) is 17.9. The van der Waals surface area contributed by atoms with Gasteiger partial charge in [0.05, 0.1) is 23.7 Å². The first kappa shape index (κ1) is 27.7. The fourth-order valence-corrected chi connectivity index (χ4v) is 5.48. The second-order valence-electron chi connectivity index (χ2n) is 10.2. The molecule has 1 aromatic heterocycles. The molecule has 38 heavy (non-hydrogen) atoms. The third-order valence-corrected chi connectivity index (χ3v) is 7.59.